The van der Waals surface area contributed by atoms with Gasteiger partial charge in [0.15, 0.2) is 0 Å². The van der Waals surface area contributed by atoms with E-state index in [0.29, 0.717) is 17.1 Å². The fourth-order valence-corrected chi connectivity index (χ4v) is 5.19. The second-order valence-corrected chi connectivity index (χ2v) is 10.7. The molecule has 0 saturated carbocycles. The summed E-state index contributed by atoms with van der Waals surface area (Å²) >= 11 is 17.8. The minimum Gasteiger partial charge on any atom is -0.400 e. The average molecular weight is 634 g/mol. The maximum absolute atomic E-state index is 12.2. The van der Waals surface area contributed by atoms with E-state index >= 15 is 0 Å². The molecule has 0 spiro atoms. The number of aliphatic hydroxyl groups excluding tert-OH is 1. The normalized spacial score (nSPS) is 15.9. The number of allylic oxidation sites excluding steroid dienone is 1. The van der Waals surface area contributed by atoms with Gasteiger partial charge in [0, 0.05) is 62.0 Å². The highest BCUT2D eigenvalue weighted by Crippen LogP contribution is 2.26. The smallest absolute Gasteiger partial charge is 0.255 e. The molecule has 7 nitrogen and oxygen atoms in total. The zero-order valence-electron chi connectivity index (χ0n) is 23.3. The van der Waals surface area contributed by atoms with E-state index in [1.165, 1.54) is 0 Å². The Bertz CT molecular complexity index is 1170. The maximum atomic E-state index is 12.2. The summed E-state index contributed by atoms with van der Waals surface area (Å²) in [4.78, 5) is 27.6. The average Bonchev–Trinajstić information content (AvgIpc) is 2.93. The number of halogens is 5. The Hall–Kier alpha value is -2.43. The van der Waals surface area contributed by atoms with Crippen molar-refractivity contribution in [3.8, 4) is 0 Å². The van der Waals surface area contributed by atoms with Crippen molar-refractivity contribution in [3.63, 3.8) is 0 Å². The predicted molar refractivity (Wildman–Crippen MR) is 163 cm³/mol. The highest BCUT2D eigenvalue weighted by molar-refractivity contribution is 6.34. The predicted octanol–water partition coefficient (Wildman–Crippen LogP) is 6.08. The lowest BCUT2D eigenvalue weighted by Gasteiger charge is -2.47. The standard InChI is InChI=1S/C19H25ClF2N4O2.C9H8Cl2.CH4O/c1-12(27)25-6-4-15(5-7-25)26-10-14(11-26)24-13-2-3-16(17(20)8-13)19(28)23-9-18(21)22;1-2-3-7-6-8(10)4-5-9(7)11;1-2/h2-3,8,14-15,18,24H,4-7,9-11H2,1H3,(H,23,28);2-6H,1H3;2H,1H3/b;3-2+;. The molecule has 2 aromatic carbocycles. The number of nitrogens with zero attached hydrogens (tertiary/aromatic N) is 2. The Kier molecular flexibility index (Phi) is 14.8. The van der Waals surface area contributed by atoms with E-state index in [4.69, 9.17) is 39.9 Å². The van der Waals surface area contributed by atoms with Crippen LogP contribution in [0.1, 0.15) is 42.6 Å². The number of carbonyl (C=O) groups is 2. The van der Waals surface area contributed by atoms with E-state index in [-0.39, 0.29) is 16.5 Å². The molecule has 0 bridgehead atoms. The lowest BCUT2D eigenvalue weighted by Crippen LogP contribution is -2.60. The van der Waals surface area contributed by atoms with Crippen LogP contribution in [0.5, 0.6) is 0 Å². The zero-order chi connectivity index (χ0) is 30.5. The molecule has 4 rings (SSSR count). The van der Waals surface area contributed by atoms with Gasteiger partial charge in [0.2, 0.25) is 5.91 Å². The number of hydrogen-bond acceptors (Lipinski definition) is 5. The molecule has 2 aromatic rings. The molecule has 2 amide bonds. The molecule has 2 fully saturated rings. The molecule has 0 atom stereocenters. The number of hydrogen-bond donors (Lipinski definition) is 3. The summed E-state index contributed by atoms with van der Waals surface area (Å²) < 4.78 is 24.4. The highest BCUT2D eigenvalue weighted by Gasteiger charge is 2.34. The van der Waals surface area contributed by atoms with E-state index < -0.39 is 18.9 Å². The van der Waals surface area contributed by atoms with Crippen LogP contribution in [0, 0.1) is 0 Å². The van der Waals surface area contributed by atoms with Gasteiger partial charge in [0.05, 0.1) is 23.2 Å². The molecule has 0 aliphatic carbocycles. The van der Waals surface area contributed by atoms with Gasteiger partial charge in [0.25, 0.3) is 12.3 Å². The second kappa shape index (κ2) is 17.5. The Morgan fingerprint density at radius 3 is 2.27 bits per heavy atom. The van der Waals surface area contributed by atoms with Crippen molar-refractivity contribution < 1.29 is 23.5 Å². The Morgan fingerprint density at radius 1 is 1.05 bits per heavy atom. The topological polar surface area (TPSA) is 84.9 Å². The van der Waals surface area contributed by atoms with Crippen molar-refractivity contribution in [2.45, 2.75) is 45.2 Å². The van der Waals surface area contributed by atoms with E-state index in [1.807, 2.05) is 30.0 Å². The van der Waals surface area contributed by atoms with Crippen molar-refractivity contribution in [1.29, 1.82) is 0 Å². The van der Waals surface area contributed by atoms with Crippen molar-refractivity contribution >= 4 is 58.4 Å². The van der Waals surface area contributed by atoms with E-state index in [1.54, 1.807) is 37.3 Å². The highest BCUT2D eigenvalue weighted by atomic mass is 35.5. The number of piperidine rings is 1. The van der Waals surface area contributed by atoms with Gasteiger partial charge < -0.3 is 20.6 Å². The minimum absolute atomic E-state index is 0.143. The number of alkyl halides is 2. The van der Waals surface area contributed by atoms with Gasteiger partial charge in [-0.15, -0.1) is 0 Å². The van der Waals surface area contributed by atoms with Gasteiger partial charge in [-0.25, -0.2) is 8.78 Å². The van der Waals surface area contributed by atoms with Crippen LogP contribution in [0.2, 0.25) is 15.1 Å². The van der Waals surface area contributed by atoms with Gasteiger partial charge in [0.1, 0.15) is 0 Å². The largest absolute Gasteiger partial charge is 0.400 e. The summed E-state index contributed by atoms with van der Waals surface area (Å²) in [6.45, 7) is 6.33. The van der Waals surface area contributed by atoms with Gasteiger partial charge in [-0.3, -0.25) is 14.5 Å². The molecule has 226 valence electrons. The fraction of sp³-hybridized carbons (Fsp3) is 0.448. The zero-order valence-corrected chi connectivity index (χ0v) is 25.6. The third-order valence-corrected chi connectivity index (χ3v) is 7.53. The summed E-state index contributed by atoms with van der Waals surface area (Å²) in [5, 5.41) is 14.2. The monoisotopic (exact) mass is 632 g/mol. The molecule has 3 N–H and O–H groups in total. The molecule has 12 heteroatoms. The van der Waals surface area contributed by atoms with Crippen molar-refractivity contribution in [3.05, 3.63) is 68.7 Å². The fourth-order valence-electron chi connectivity index (χ4n) is 4.56. The first-order valence-corrected chi connectivity index (χ1v) is 14.3. The number of carbonyl (C=O) groups excluding carboxylic acids is 2. The quantitative estimate of drug-likeness (QED) is 0.344. The number of nitrogens with one attached hydrogen (secondary N) is 2. The number of aliphatic hydroxyl groups is 1. The summed E-state index contributed by atoms with van der Waals surface area (Å²) in [6, 6.07) is 11.1. The van der Waals surface area contributed by atoms with E-state index in [9.17, 15) is 18.4 Å². The van der Waals surface area contributed by atoms with Crippen LogP contribution in [-0.4, -0.2) is 85.1 Å². The van der Waals surface area contributed by atoms with E-state index in [0.717, 1.165) is 62.4 Å². The lowest BCUT2D eigenvalue weighted by molar-refractivity contribution is -0.130. The minimum atomic E-state index is -2.60. The van der Waals surface area contributed by atoms with Gasteiger partial charge >= 0.3 is 0 Å². The van der Waals surface area contributed by atoms with Crippen LogP contribution < -0.4 is 10.6 Å². The summed E-state index contributed by atoms with van der Waals surface area (Å²) in [7, 11) is 1.00. The SMILES string of the molecule is C/C=C/c1cc(Cl)ccc1Cl.CC(=O)N1CCC(N2CC(Nc3ccc(C(=O)NCC(F)F)c(Cl)c3)C2)CC1.CO. The molecule has 0 unspecified atom stereocenters. The van der Waals surface area contributed by atoms with Crippen molar-refractivity contribution in [1.82, 2.24) is 15.1 Å². The van der Waals surface area contributed by atoms with Crippen molar-refractivity contribution in [2.75, 3.05) is 45.2 Å². The Labute approximate surface area is 255 Å². The number of benzene rings is 2. The number of anilines is 1. The van der Waals surface area contributed by atoms with Crippen LogP contribution in [0.25, 0.3) is 6.08 Å². The third kappa shape index (κ3) is 11.1. The maximum Gasteiger partial charge on any atom is 0.255 e. The summed E-state index contributed by atoms with van der Waals surface area (Å²) in [5.41, 5.74) is 1.94. The molecule has 41 heavy (non-hydrogen) atoms. The van der Waals surface area contributed by atoms with Gasteiger partial charge in [-0.05, 0) is 61.7 Å². The van der Waals surface area contributed by atoms with Crippen LogP contribution >= 0.6 is 34.8 Å². The number of likely N-dealkylation sites (tertiary alicyclic amines) is 2. The van der Waals surface area contributed by atoms with Crippen LogP contribution in [0.4, 0.5) is 14.5 Å². The molecule has 0 aromatic heterocycles. The van der Waals surface area contributed by atoms with Gasteiger partial charge in [-0.1, -0.05) is 47.0 Å². The Balaban J connectivity index is 0.000000378. The van der Waals surface area contributed by atoms with Crippen LogP contribution in [-0.2, 0) is 4.79 Å². The summed E-state index contributed by atoms with van der Waals surface area (Å²) in [6.07, 6.45) is 3.26. The van der Waals surface area contributed by atoms with Crippen molar-refractivity contribution in [2.24, 2.45) is 0 Å². The first-order valence-electron chi connectivity index (χ1n) is 13.2. The molecular formula is C29H37Cl3F2N4O3. The lowest BCUT2D eigenvalue weighted by atomic mass is 9.97. The number of rotatable bonds is 7. The first kappa shape index (κ1) is 34.8. The molecule has 0 radical (unpaired) electrons. The summed E-state index contributed by atoms with van der Waals surface area (Å²) in [5.74, 6) is -0.464. The van der Waals surface area contributed by atoms with E-state index in [2.05, 4.69) is 15.5 Å². The number of amides is 2. The molecule has 2 aliphatic heterocycles. The first-order chi connectivity index (χ1) is 19.6. The van der Waals surface area contributed by atoms with Crippen LogP contribution in [0.3, 0.4) is 0 Å². The molecule has 2 saturated heterocycles. The Morgan fingerprint density at radius 2 is 1.71 bits per heavy atom. The molecule has 2 aliphatic rings. The molecule has 2 heterocycles. The molecular weight excluding hydrogens is 597 g/mol. The van der Waals surface area contributed by atoms with Gasteiger partial charge in [-0.2, -0.15) is 0 Å². The third-order valence-electron chi connectivity index (χ3n) is 6.64. The second-order valence-electron chi connectivity index (χ2n) is 9.49. The van der Waals surface area contributed by atoms with Crippen LogP contribution in [0.15, 0.2) is 42.5 Å².